The number of nitrogens with one attached hydrogen (secondary N) is 1. The Hall–Kier alpha value is -1.91. The number of rotatable bonds is 3. The minimum atomic E-state index is -0.577. The van der Waals surface area contributed by atoms with Crippen molar-refractivity contribution < 1.29 is 19.1 Å². The number of aromatic nitrogens is 1. The average molecular weight is 463 g/mol. The van der Waals surface area contributed by atoms with E-state index in [9.17, 15) is 19.2 Å². The molecule has 0 aromatic carbocycles. The lowest BCUT2D eigenvalue weighted by molar-refractivity contribution is -0.151. The molecule has 2 amide bonds. The second-order valence-corrected chi connectivity index (χ2v) is 11.5. The molecule has 1 saturated heterocycles. The van der Waals surface area contributed by atoms with Crippen LogP contribution in [0.5, 0.6) is 0 Å². The first-order chi connectivity index (χ1) is 14.5. The Morgan fingerprint density at radius 2 is 2.00 bits per heavy atom. The van der Waals surface area contributed by atoms with Gasteiger partial charge in [-0.05, 0) is 35.6 Å². The van der Waals surface area contributed by atoms with Crippen LogP contribution in [-0.4, -0.2) is 46.6 Å². The Labute approximate surface area is 183 Å². The molecule has 156 valence electrons. The number of imide groups is 1. The molecule has 6 rings (SSSR count). The van der Waals surface area contributed by atoms with Gasteiger partial charge >= 0.3 is 10.8 Å². The van der Waals surface area contributed by atoms with Crippen LogP contribution in [-0.2, 0) is 19.1 Å². The summed E-state index contributed by atoms with van der Waals surface area (Å²) in [6.45, 7) is -0.307. The molecule has 3 fully saturated rings. The highest BCUT2D eigenvalue weighted by molar-refractivity contribution is 8.00. The molecule has 0 spiro atoms. The number of thiophene rings is 1. The number of amides is 2. The molecule has 0 radical (unpaired) electrons. The predicted molar refractivity (Wildman–Crippen MR) is 112 cm³/mol. The van der Waals surface area contributed by atoms with Gasteiger partial charge in [-0.3, -0.25) is 24.1 Å². The normalized spacial score (nSPS) is 36.0. The first-order valence-corrected chi connectivity index (χ1v) is 12.4. The number of thiazole rings is 1. The third-order valence-corrected chi connectivity index (χ3v) is 10.7. The van der Waals surface area contributed by atoms with E-state index in [0.29, 0.717) is 0 Å². The first-order valence-electron chi connectivity index (χ1n) is 9.84. The summed E-state index contributed by atoms with van der Waals surface area (Å²) in [5, 5.41) is 3.13. The maximum absolute atomic E-state index is 13.2. The topological polar surface area (TPSA) is 96.5 Å². The van der Waals surface area contributed by atoms with Crippen LogP contribution in [0.1, 0.15) is 22.1 Å². The summed E-state index contributed by atoms with van der Waals surface area (Å²) < 4.78 is 4.68. The maximum Gasteiger partial charge on any atom is 0.325 e. The third kappa shape index (κ3) is 2.38. The molecule has 2 aromatic heterocycles. The van der Waals surface area contributed by atoms with Crippen LogP contribution >= 0.6 is 34.4 Å². The second kappa shape index (κ2) is 6.54. The second-order valence-electron chi connectivity index (χ2n) is 8.31. The minimum Gasteiger partial charge on any atom is -0.468 e. The van der Waals surface area contributed by atoms with Crippen LogP contribution < -0.4 is 4.87 Å². The summed E-state index contributed by atoms with van der Waals surface area (Å²) in [4.78, 5) is 56.5. The van der Waals surface area contributed by atoms with Crippen LogP contribution in [0.4, 0.5) is 0 Å². The van der Waals surface area contributed by atoms with Crippen molar-refractivity contribution in [3.8, 4) is 0 Å². The zero-order chi connectivity index (χ0) is 20.7. The van der Waals surface area contributed by atoms with E-state index in [1.165, 1.54) is 23.3 Å². The first kappa shape index (κ1) is 18.8. The van der Waals surface area contributed by atoms with E-state index in [2.05, 4.69) is 15.8 Å². The number of hydrogen-bond donors (Lipinski definition) is 1. The van der Waals surface area contributed by atoms with E-state index in [4.69, 9.17) is 0 Å². The Bertz CT molecular complexity index is 1120. The smallest absolute Gasteiger partial charge is 0.325 e. The largest absolute Gasteiger partial charge is 0.468 e. The summed E-state index contributed by atoms with van der Waals surface area (Å²) in [5.74, 6) is -1.35. The maximum atomic E-state index is 13.2. The number of nitrogens with zero attached hydrogens (tertiary/aromatic N) is 1. The number of fused-ring (bicyclic) bond motifs is 9. The number of likely N-dealkylation sites (tertiary alicyclic amines) is 1. The molecule has 1 N–H and O–H groups in total. The highest BCUT2D eigenvalue weighted by atomic mass is 32.2. The lowest BCUT2D eigenvalue weighted by Gasteiger charge is -2.42. The summed E-state index contributed by atoms with van der Waals surface area (Å²) in [6.07, 6.45) is 0.849. The van der Waals surface area contributed by atoms with Crippen molar-refractivity contribution in [2.45, 2.75) is 22.6 Å². The highest BCUT2D eigenvalue weighted by Gasteiger charge is 2.69. The number of hydrogen-bond acceptors (Lipinski definition) is 8. The van der Waals surface area contributed by atoms with Crippen molar-refractivity contribution in [3.05, 3.63) is 36.9 Å². The van der Waals surface area contributed by atoms with Gasteiger partial charge in [0, 0.05) is 20.9 Å². The summed E-state index contributed by atoms with van der Waals surface area (Å²) in [5.41, 5.74) is 0. The number of carbonyl (C=O) groups is 3. The Kier molecular flexibility index (Phi) is 4.11. The van der Waals surface area contributed by atoms with Gasteiger partial charge in [-0.15, -0.1) is 23.1 Å². The number of esters is 1. The zero-order valence-corrected chi connectivity index (χ0v) is 18.4. The molecule has 30 heavy (non-hydrogen) atoms. The molecule has 2 aliphatic carbocycles. The van der Waals surface area contributed by atoms with Gasteiger partial charge < -0.3 is 9.72 Å². The van der Waals surface area contributed by atoms with Gasteiger partial charge in [-0.25, -0.2) is 0 Å². The molecule has 4 heterocycles. The van der Waals surface area contributed by atoms with Crippen LogP contribution in [0.25, 0.3) is 0 Å². The predicted octanol–water partition coefficient (Wildman–Crippen LogP) is 2.14. The average Bonchev–Trinajstić information content (AvgIpc) is 3.52. The van der Waals surface area contributed by atoms with E-state index in [1.807, 2.05) is 11.4 Å². The number of ether oxygens (including phenoxy) is 1. The van der Waals surface area contributed by atoms with E-state index in [-0.39, 0.29) is 64.0 Å². The lowest BCUT2D eigenvalue weighted by Crippen LogP contribution is -2.42. The van der Waals surface area contributed by atoms with Crippen LogP contribution in [0.2, 0.25) is 0 Å². The van der Waals surface area contributed by atoms with Gasteiger partial charge in [-0.2, -0.15) is 0 Å². The molecule has 7 nitrogen and oxygen atoms in total. The SMILES string of the molecule is COC(=O)CN1C(=O)[C@@H]2[C@H]3C[C@@H]([C@@H]2C1=O)[C@@H]1[C@H](c2cccs2)c2sc(=O)[nH]c2S[C@H]31. The van der Waals surface area contributed by atoms with Gasteiger partial charge in [-0.1, -0.05) is 17.4 Å². The van der Waals surface area contributed by atoms with Crippen molar-refractivity contribution in [2.24, 2.45) is 29.6 Å². The van der Waals surface area contributed by atoms with E-state index >= 15 is 0 Å². The number of H-pyrrole nitrogens is 1. The molecule has 7 atom stereocenters. The molecule has 2 aromatic rings. The quantitative estimate of drug-likeness (QED) is 0.555. The summed E-state index contributed by atoms with van der Waals surface area (Å²) in [7, 11) is 1.26. The molecule has 2 saturated carbocycles. The highest BCUT2D eigenvalue weighted by Crippen LogP contribution is 2.68. The van der Waals surface area contributed by atoms with Gasteiger partial charge in [0.1, 0.15) is 6.54 Å². The standard InChI is InChI=1S/C20H18N2O5S3/c1-27-10(23)6-22-18(24)12-7-5-8(13(12)19(22)25)15-11(7)14(9-3-2-4-28-9)16-17(29-15)21-20(26)30-16/h2-4,7-8,11-15H,5-6H2,1H3,(H,21,26)/t7-,8-,11-,12+,13-,14+,15-/m1/s1. The molecule has 2 bridgehead atoms. The van der Waals surface area contributed by atoms with Crippen molar-refractivity contribution in [1.29, 1.82) is 0 Å². The fraction of sp³-hybridized carbons (Fsp3) is 0.500. The van der Waals surface area contributed by atoms with Crippen LogP contribution in [0.15, 0.2) is 27.3 Å². The molecule has 2 aliphatic heterocycles. The number of thioether (sulfide) groups is 1. The fourth-order valence-corrected chi connectivity index (χ4v) is 10.1. The van der Waals surface area contributed by atoms with Gasteiger partial charge in [0.15, 0.2) is 0 Å². The van der Waals surface area contributed by atoms with Crippen molar-refractivity contribution in [1.82, 2.24) is 9.88 Å². The zero-order valence-electron chi connectivity index (χ0n) is 15.9. The third-order valence-electron chi connectivity index (χ3n) is 7.18. The van der Waals surface area contributed by atoms with Crippen LogP contribution in [0.3, 0.4) is 0 Å². The van der Waals surface area contributed by atoms with Gasteiger partial charge in [0.2, 0.25) is 11.8 Å². The van der Waals surface area contributed by atoms with E-state index in [0.717, 1.165) is 21.2 Å². The summed E-state index contributed by atoms with van der Waals surface area (Å²) in [6, 6.07) is 4.12. The van der Waals surface area contributed by atoms with Crippen molar-refractivity contribution >= 4 is 52.2 Å². The molecule has 4 aliphatic rings. The number of methoxy groups -OCH3 is 1. The van der Waals surface area contributed by atoms with Gasteiger partial charge in [0.05, 0.1) is 24.0 Å². The van der Waals surface area contributed by atoms with E-state index in [1.54, 1.807) is 23.1 Å². The van der Waals surface area contributed by atoms with Crippen LogP contribution in [0, 0.1) is 29.6 Å². The molecule has 0 unspecified atom stereocenters. The molecular formula is C20H18N2O5S3. The monoisotopic (exact) mass is 462 g/mol. The fourth-order valence-electron chi connectivity index (χ4n) is 6.21. The lowest BCUT2D eigenvalue weighted by atomic mass is 9.69. The number of aromatic amines is 1. The Balaban J connectivity index is 1.42. The Morgan fingerprint density at radius 1 is 1.23 bits per heavy atom. The van der Waals surface area contributed by atoms with Crippen molar-refractivity contribution in [2.75, 3.05) is 13.7 Å². The summed E-state index contributed by atoms with van der Waals surface area (Å²) >= 11 is 4.61. The Morgan fingerprint density at radius 3 is 2.70 bits per heavy atom. The number of carbonyl (C=O) groups excluding carboxylic acids is 3. The van der Waals surface area contributed by atoms with Crippen molar-refractivity contribution in [3.63, 3.8) is 0 Å². The molecule has 10 heteroatoms. The van der Waals surface area contributed by atoms with Gasteiger partial charge in [0.25, 0.3) is 0 Å². The minimum absolute atomic E-state index is 0.0574. The molecular weight excluding hydrogens is 444 g/mol. The van der Waals surface area contributed by atoms with E-state index < -0.39 is 5.97 Å².